The summed E-state index contributed by atoms with van der Waals surface area (Å²) in [6, 6.07) is -0.167. The molecule has 2 saturated heterocycles. The predicted molar refractivity (Wildman–Crippen MR) is 69.0 cm³/mol. The van der Waals surface area contributed by atoms with Gasteiger partial charge in [-0.3, -0.25) is 14.5 Å². The molecule has 2 aliphatic rings. The Morgan fingerprint density at radius 3 is 2.78 bits per heavy atom. The molecule has 2 fully saturated rings. The van der Waals surface area contributed by atoms with Gasteiger partial charge in [0.25, 0.3) is 0 Å². The van der Waals surface area contributed by atoms with Gasteiger partial charge >= 0.3 is 0 Å². The highest BCUT2D eigenvalue weighted by Crippen LogP contribution is 2.16. The van der Waals surface area contributed by atoms with Crippen molar-refractivity contribution in [3.63, 3.8) is 0 Å². The largest absolute Gasteiger partial charge is 0.306 e. The van der Waals surface area contributed by atoms with E-state index in [1.165, 1.54) is 24.3 Å². The molecule has 102 valence electrons. The zero-order chi connectivity index (χ0) is 13.1. The number of amides is 2. The number of piperidine rings is 2. The topological polar surface area (TPSA) is 52.7 Å². The lowest BCUT2D eigenvalue weighted by Crippen LogP contribution is -2.53. The molecule has 0 radical (unpaired) electrons. The van der Waals surface area contributed by atoms with E-state index in [9.17, 15) is 9.59 Å². The minimum atomic E-state index is -0.167. The molecule has 0 spiro atoms. The molecular formula is C13H23N3O2. The Bertz CT molecular complexity index is 332. The first-order valence-corrected chi connectivity index (χ1v) is 6.80. The van der Waals surface area contributed by atoms with Crippen LogP contribution in [-0.2, 0) is 9.59 Å². The van der Waals surface area contributed by atoms with Crippen molar-refractivity contribution in [2.75, 3.05) is 33.7 Å². The molecule has 5 heteroatoms. The fourth-order valence-corrected chi connectivity index (χ4v) is 2.85. The fourth-order valence-electron chi connectivity index (χ4n) is 2.85. The number of hydrogen-bond acceptors (Lipinski definition) is 4. The second-order valence-corrected chi connectivity index (χ2v) is 5.56. The van der Waals surface area contributed by atoms with Crippen LogP contribution in [0.1, 0.15) is 25.7 Å². The molecule has 2 unspecified atom stereocenters. The maximum absolute atomic E-state index is 11.9. The monoisotopic (exact) mass is 253 g/mol. The number of hydrogen-bond donors (Lipinski definition) is 1. The average molecular weight is 253 g/mol. The summed E-state index contributed by atoms with van der Waals surface area (Å²) in [7, 11) is 3.72. The van der Waals surface area contributed by atoms with Crippen molar-refractivity contribution in [1.29, 1.82) is 0 Å². The van der Waals surface area contributed by atoms with Crippen molar-refractivity contribution in [3.8, 4) is 0 Å². The molecule has 18 heavy (non-hydrogen) atoms. The van der Waals surface area contributed by atoms with Gasteiger partial charge in [0.05, 0.1) is 6.04 Å². The minimum Gasteiger partial charge on any atom is -0.306 e. The van der Waals surface area contributed by atoms with Crippen molar-refractivity contribution >= 4 is 11.8 Å². The van der Waals surface area contributed by atoms with Crippen LogP contribution in [0.2, 0.25) is 0 Å². The summed E-state index contributed by atoms with van der Waals surface area (Å²) in [6.07, 6.45) is 3.59. The molecule has 0 aromatic heterocycles. The summed E-state index contributed by atoms with van der Waals surface area (Å²) < 4.78 is 0. The van der Waals surface area contributed by atoms with Gasteiger partial charge in [0.1, 0.15) is 0 Å². The van der Waals surface area contributed by atoms with E-state index in [1.807, 2.05) is 0 Å². The van der Waals surface area contributed by atoms with Crippen LogP contribution in [0.4, 0.5) is 0 Å². The lowest BCUT2D eigenvalue weighted by atomic mass is 9.97. The van der Waals surface area contributed by atoms with Crippen molar-refractivity contribution < 1.29 is 9.59 Å². The Hall–Kier alpha value is -0.940. The molecule has 0 bridgehead atoms. The van der Waals surface area contributed by atoms with Gasteiger partial charge in [0.15, 0.2) is 0 Å². The first-order chi connectivity index (χ1) is 8.58. The summed E-state index contributed by atoms with van der Waals surface area (Å²) in [5.74, 6) is 0.491. The quantitative estimate of drug-likeness (QED) is 0.723. The lowest BCUT2D eigenvalue weighted by Gasteiger charge is -2.33. The van der Waals surface area contributed by atoms with Crippen molar-refractivity contribution in [3.05, 3.63) is 0 Å². The molecule has 2 atom stereocenters. The van der Waals surface area contributed by atoms with E-state index in [-0.39, 0.29) is 17.9 Å². The Balaban J connectivity index is 1.79. The Morgan fingerprint density at radius 1 is 1.28 bits per heavy atom. The van der Waals surface area contributed by atoms with Gasteiger partial charge in [-0.15, -0.1) is 0 Å². The SMILES string of the molecule is CN1CCCC(CNC2CCC(=O)N(C)C2=O)C1. The number of likely N-dealkylation sites (tertiary alicyclic amines) is 2. The third-order valence-electron chi connectivity index (χ3n) is 4.02. The molecule has 5 nitrogen and oxygen atoms in total. The molecule has 0 aromatic rings. The van der Waals surface area contributed by atoms with Crippen LogP contribution in [-0.4, -0.2) is 61.4 Å². The molecular weight excluding hydrogens is 230 g/mol. The standard InChI is InChI=1S/C13H23N3O2/c1-15-7-3-4-10(9-15)8-14-11-5-6-12(17)16(2)13(11)18/h10-11,14H,3-9H2,1-2H3. The summed E-state index contributed by atoms with van der Waals surface area (Å²) in [4.78, 5) is 26.9. The van der Waals surface area contributed by atoms with Crippen LogP contribution in [0.5, 0.6) is 0 Å². The zero-order valence-corrected chi connectivity index (χ0v) is 11.3. The number of likely N-dealkylation sites (N-methyl/N-ethyl adjacent to an activating group) is 1. The van der Waals surface area contributed by atoms with Crippen LogP contribution in [0.15, 0.2) is 0 Å². The predicted octanol–water partition coefficient (Wildman–Crippen LogP) is 0.0652. The van der Waals surface area contributed by atoms with E-state index < -0.39 is 0 Å². The Morgan fingerprint density at radius 2 is 2.06 bits per heavy atom. The molecule has 2 amide bonds. The van der Waals surface area contributed by atoms with Crippen molar-refractivity contribution in [2.24, 2.45) is 5.92 Å². The number of nitrogens with one attached hydrogen (secondary N) is 1. The van der Waals surface area contributed by atoms with Crippen LogP contribution in [0.25, 0.3) is 0 Å². The smallest absolute Gasteiger partial charge is 0.246 e. The maximum Gasteiger partial charge on any atom is 0.246 e. The van der Waals surface area contributed by atoms with E-state index >= 15 is 0 Å². The average Bonchev–Trinajstić information content (AvgIpc) is 2.35. The minimum absolute atomic E-state index is 0.0598. The summed E-state index contributed by atoms with van der Waals surface area (Å²) in [5.41, 5.74) is 0. The van der Waals surface area contributed by atoms with E-state index in [0.717, 1.165) is 13.1 Å². The van der Waals surface area contributed by atoms with Gasteiger partial charge in [-0.25, -0.2) is 0 Å². The number of rotatable bonds is 3. The van der Waals surface area contributed by atoms with Crippen molar-refractivity contribution in [2.45, 2.75) is 31.7 Å². The Kier molecular flexibility index (Phi) is 4.35. The van der Waals surface area contributed by atoms with Gasteiger partial charge in [-0.05, 0) is 45.3 Å². The van der Waals surface area contributed by atoms with E-state index in [4.69, 9.17) is 0 Å². The number of imide groups is 1. The molecule has 2 rings (SSSR count). The summed E-state index contributed by atoms with van der Waals surface area (Å²) >= 11 is 0. The molecule has 0 aromatic carbocycles. The summed E-state index contributed by atoms with van der Waals surface area (Å²) in [6.45, 7) is 3.15. The van der Waals surface area contributed by atoms with Gasteiger partial charge in [0.2, 0.25) is 11.8 Å². The normalized spacial score (nSPS) is 30.9. The van der Waals surface area contributed by atoms with Crippen molar-refractivity contribution in [1.82, 2.24) is 15.1 Å². The molecule has 2 heterocycles. The second kappa shape index (κ2) is 5.80. The molecule has 0 aliphatic carbocycles. The van der Waals surface area contributed by atoms with E-state index in [0.29, 0.717) is 18.8 Å². The van der Waals surface area contributed by atoms with Gasteiger partial charge < -0.3 is 10.2 Å². The van der Waals surface area contributed by atoms with Crippen LogP contribution < -0.4 is 5.32 Å². The van der Waals surface area contributed by atoms with Crippen LogP contribution >= 0.6 is 0 Å². The molecule has 2 aliphatic heterocycles. The highest BCUT2D eigenvalue weighted by Gasteiger charge is 2.31. The highest BCUT2D eigenvalue weighted by molar-refractivity contribution is 6.00. The van der Waals surface area contributed by atoms with Crippen LogP contribution in [0.3, 0.4) is 0 Å². The highest BCUT2D eigenvalue weighted by atomic mass is 16.2. The fraction of sp³-hybridized carbons (Fsp3) is 0.846. The van der Waals surface area contributed by atoms with E-state index in [1.54, 1.807) is 7.05 Å². The number of carbonyl (C=O) groups excluding carboxylic acids is 2. The second-order valence-electron chi connectivity index (χ2n) is 5.56. The van der Waals surface area contributed by atoms with Crippen LogP contribution in [0, 0.1) is 5.92 Å². The summed E-state index contributed by atoms with van der Waals surface area (Å²) in [5, 5.41) is 3.34. The number of carbonyl (C=O) groups is 2. The van der Waals surface area contributed by atoms with Gasteiger partial charge in [0, 0.05) is 20.0 Å². The third-order valence-corrected chi connectivity index (χ3v) is 4.02. The lowest BCUT2D eigenvalue weighted by molar-refractivity contribution is -0.148. The van der Waals surface area contributed by atoms with E-state index in [2.05, 4.69) is 17.3 Å². The van der Waals surface area contributed by atoms with Gasteiger partial charge in [-0.2, -0.15) is 0 Å². The number of nitrogens with zero attached hydrogens (tertiary/aromatic N) is 2. The first-order valence-electron chi connectivity index (χ1n) is 6.80. The molecule has 1 N–H and O–H groups in total. The zero-order valence-electron chi connectivity index (χ0n) is 11.3. The Labute approximate surface area is 108 Å². The van der Waals surface area contributed by atoms with Gasteiger partial charge in [-0.1, -0.05) is 0 Å². The third kappa shape index (κ3) is 3.09. The first kappa shape index (κ1) is 13.5. The molecule has 0 saturated carbocycles. The maximum atomic E-state index is 11.9.